The van der Waals surface area contributed by atoms with Gasteiger partial charge in [0.15, 0.2) is 0 Å². The molecule has 0 aliphatic carbocycles. The van der Waals surface area contributed by atoms with Gasteiger partial charge in [-0.15, -0.1) is 0 Å². The minimum atomic E-state index is -0.0648. The van der Waals surface area contributed by atoms with E-state index in [1.165, 1.54) is 4.90 Å². The first-order chi connectivity index (χ1) is 4.57. The van der Waals surface area contributed by atoms with Gasteiger partial charge in [-0.1, -0.05) is 5.16 Å². The van der Waals surface area contributed by atoms with E-state index in [1.807, 2.05) is 0 Å². The first-order valence-corrected chi connectivity index (χ1v) is 3.52. The Hall–Kier alpha value is -0.530. The van der Waals surface area contributed by atoms with E-state index in [1.54, 1.807) is 29.6 Å². The Bertz CT molecular complexity index is 159. The molecular weight excluding hydrogens is 249 g/mol. The molecule has 5 nitrogen and oxygen atoms in total. The highest BCUT2D eigenvalue weighted by Crippen LogP contribution is 1.89. The Labute approximate surface area is 72.0 Å². The molecule has 0 fully saturated rings. The number of oxime groups is 1. The number of carbonyl (C=O) groups excluding carboxylic acids is 1. The molecule has 0 spiro atoms. The van der Waals surface area contributed by atoms with E-state index in [4.69, 9.17) is 10.9 Å². The maximum Gasteiger partial charge on any atom is 0.233 e. The molecule has 0 atom stereocenters. The van der Waals surface area contributed by atoms with Gasteiger partial charge in [0.1, 0.15) is 0 Å². The van der Waals surface area contributed by atoms with Crippen LogP contribution in [0.15, 0.2) is 5.16 Å². The van der Waals surface area contributed by atoms with Gasteiger partial charge in [0.2, 0.25) is 9.75 Å². The normalized spacial score (nSPS) is 11.2. The number of likely N-dealkylation sites (N-methyl/N-ethyl adjacent to an activating group) is 1. The lowest BCUT2D eigenvalue weighted by atomic mass is 10.6. The first-order valence-electron chi connectivity index (χ1n) is 2.45. The summed E-state index contributed by atoms with van der Waals surface area (Å²) in [5.41, 5.74) is 5.14. The molecule has 0 rings (SSSR count). The molecule has 0 aliphatic heterocycles. The number of guanidine groups is 1. The predicted molar refractivity (Wildman–Crippen MR) is 45.1 cm³/mol. The minimum absolute atomic E-state index is 0.0632. The molecule has 0 aromatic heterocycles. The number of rotatable bonds is 2. The second-order valence-corrected chi connectivity index (χ2v) is 2.87. The summed E-state index contributed by atoms with van der Waals surface area (Å²) in [6.45, 7) is 0.149. The average Bonchev–Trinajstić information content (AvgIpc) is 1.85. The zero-order chi connectivity index (χ0) is 8.15. The Morgan fingerprint density at radius 3 is 2.70 bits per heavy atom. The number of hydrogen-bond acceptors (Lipinski definition) is 3. The van der Waals surface area contributed by atoms with Crippen molar-refractivity contribution in [1.29, 1.82) is 0 Å². The second-order valence-electron chi connectivity index (χ2n) is 1.67. The van der Waals surface area contributed by atoms with Crippen LogP contribution in [-0.4, -0.2) is 33.4 Å². The van der Waals surface area contributed by atoms with Gasteiger partial charge in [0.05, 0.1) is 6.54 Å². The number of hydrogen-bond donors (Lipinski definition) is 2. The Balaban J connectivity index is 3.85. The molecule has 0 radical (unpaired) electrons. The molecule has 10 heavy (non-hydrogen) atoms. The molecular formula is C4H8IN3O2. The summed E-state index contributed by atoms with van der Waals surface area (Å²) < 4.78 is -0.0632. The van der Waals surface area contributed by atoms with Crippen molar-refractivity contribution in [2.24, 2.45) is 10.9 Å². The molecule has 0 heterocycles. The zero-order valence-corrected chi connectivity index (χ0v) is 7.57. The van der Waals surface area contributed by atoms with E-state index in [2.05, 4.69) is 5.16 Å². The van der Waals surface area contributed by atoms with Gasteiger partial charge >= 0.3 is 0 Å². The van der Waals surface area contributed by atoms with Crippen LogP contribution in [-0.2, 0) is 4.79 Å². The molecule has 0 saturated heterocycles. The molecule has 0 unspecified atom stereocenters. The van der Waals surface area contributed by atoms with Crippen LogP contribution < -0.4 is 5.73 Å². The van der Waals surface area contributed by atoms with E-state index in [9.17, 15) is 4.79 Å². The lowest BCUT2D eigenvalue weighted by Gasteiger charge is -2.12. The van der Waals surface area contributed by atoms with E-state index < -0.39 is 0 Å². The molecule has 58 valence electrons. The van der Waals surface area contributed by atoms with Crippen molar-refractivity contribution in [3.05, 3.63) is 0 Å². The van der Waals surface area contributed by atoms with Gasteiger partial charge in [-0.2, -0.15) is 0 Å². The highest BCUT2D eigenvalue weighted by molar-refractivity contribution is 14.1. The highest BCUT2D eigenvalue weighted by Gasteiger charge is 2.04. The number of halogens is 1. The summed E-state index contributed by atoms with van der Waals surface area (Å²) in [6, 6.07) is 0. The van der Waals surface area contributed by atoms with Gasteiger partial charge in [-0.05, 0) is 0 Å². The van der Waals surface area contributed by atoms with Crippen molar-refractivity contribution in [2.75, 3.05) is 13.6 Å². The van der Waals surface area contributed by atoms with Crippen molar-refractivity contribution >= 4 is 32.3 Å². The molecule has 0 aromatic rings. The molecule has 0 saturated carbocycles. The summed E-state index contributed by atoms with van der Waals surface area (Å²) in [7, 11) is 1.56. The molecule has 3 N–H and O–H groups in total. The minimum Gasteiger partial charge on any atom is -0.408 e. The van der Waals surface area contributed by atoms with Crippen molar-refractivity contribution in [3.8, 4) is 0 Å². The van der Waals surface area contributed by atoms with Crippen molar-refractivity contribution < 1.29 is 10.0 Å². The standard InChI is InChI=1S/C4H8IN3O2/c1-8(2-3(5)9)4(6)7-10/h10H,2H2,1H3,(H2,6,7). The molecule has 6 heteroatoms. The summed E-state index contributed by atoms with van der Waals surface area (Å²) in [6.07, 6.45) is 0. The smallest absolute Gasteiger partial charge is 0.233 e. The zero-order valence-electron chi connectivity index (χ0n) is 5.41. The molecule has 0 bridgehead atoms. The van der Waals surface area contributed by atoms with Crippen LogP contribution in [0.2, 0.25) is 0 Å². The Morgan fingerprint density at radius 1 is 1.90 bits per heavy atom. The van der Waals surface area contributed by atoms with Gasteiger partial charge < -0.3 is 15.8 Å². The summed E-state index contributed by atoms with van der Waals surface area (Å²) in [5.74, 6) is -0.0648. The van der Waals surface area contributed by atoms with Crippen molar-refractivity contribution in [2.45, 2.75) is 0 Å². The van der Waals surface area contributed by atoms with Crippen LogP contribution in [0.5, 0.6) is 0 Å². The lowest BCUT2D eigenvalue weighted by molar-refractivity contribution is -0.109. The third-order valence-electron chi connectivity index (χ3n) is 0.855. The van der Waals surface area contributed by atoms with Crippen LogP contribution in [0.4, 0.5) is 0 Å². The fourth-order valence-corrected chi connectivity index (χ4v) is 0.856. The van der Waals surface area contributed by atoms with E-state index in [0.717, 1.165) is 0 Å². The fraction of sp³-hybridized carbons (Fsp3) is 0.500. The van der Waals surface area contributed by atoms with Crippen LogP contribution in [0.25, 0.3) is 0 Å². The molecule has 0 amide bonds. The maximum atomic E-state index is 10.4. The van der Waals surface area contributed by atoms with Gasteiger partial charge in [-0.25, -0.2) is 0 Å². The van der Waals surface area contributed by atoms with Crippen LogP contribution in [0, 0.1) is 0 Å². The first kappa shape index (κ1) is 9.47. The highest BCUT2D eigenvalue weighted by atomic mass is 127. The Morgan fingerprint density at radius 2 is 2.40 bits per heavy atom. The van der Waals surface area contributed by atoms with Crippen LogP contribution in [0.1, 0.15) is 0 Å². The quantitative estimate of drug-likeness (QED) is 0.176. The SMILES string of the molecule is CN(CC(=O)I)/C(N)=N\O. The monoisotopic (exact) mass is 257 g/mol. The van der Waals surface area contributed by atoms with Crippen molar-refractivity contribution in [1.82, 2.24) is 4.90 Å². The van der Waals surface area contributed by atoms with E-state index in [0.29, 0.717) is 0 Å². The van der Waals surface area contributed by atoms with Crippen molar-refractivity contribution in [3.63, 3.8) is 0 Å². The Kier molecular flexibility index (Phi) is 4.08. The van der Waals surface area contributed by atoms with Crippen LogP contribution >= 0.6 is 22.6 Å². The number of nitrogens with zero attached hydrogens (tertiary/aromatic N) is 2. The van der Waals surface area contributed by atoms with Gasteiger partial charge in [-0.3, -0.25) is 4.79 Å². The largest absolute Gasteiger partial charge is 0.408 e. The molecule has 0 aromatic carbocycles. The topological polar surface area (TPSA) is 78.9 Å². The number of nitrogens with two attached hydrogens (primary N) is 1. The summed E-state index contributed by atoms with van der Waals surface area (Å²) >= 11 is 1.63. The predicted octanol–water partition coefficient (Wildman–Crippen LogP) is -0.416. The van der Waals surface area contributed by atoms with Crippen LogP contribution in [0.3, 0.4) is 0 Å². The summed E-state index contributed by atoms with van der Waals surface area (Å²) in [4.78, 5) is 11.8. The molecule has 0 aliphatic rings. The second kappa shape index (κ2) is 4.31. The maximum absolute atomic E-state index is 10.4. The van der Waals surface area contributed by atoms with E-state index >= 15 is 0 Å². The third-order valence-corrected chi connectivity index (χ3v) is 1.20. The van der Waals surface area contributed by atoms with Gasteiger partial charge in [0, 0.05) is 29.6 Å². The summed E-state index contributed by atoms with van der Waals surface area (Å²) in [5, 5.41) is 10.8. The average molecular weight is 257 g/mol. The number of carbonyl (C=O) groups is 1. The van der Waals surface area contributed by atoms with E-state index in [-0.39, 0.29) is 16.3 Å². The lowest BCUT2D eigenvalue weighted by Crippen LogP contribution is -2.36. The fourth-order valence-electron chi connectivity index (χ4n) is 0.344. The third kappa shape index (κ3) is 3.49. The van der Waals surface area contributed by atoms with Gasteiger partial charge in [0.25, 0.3) is 0 Å².